The number of rotatable bonds is 3. The number of halogens is 2. The van der Waals surface area contributed by atoms with Gasteiger partial charge in [0.15, 0.2) is 11.6 Å². The molecule has 0 bridgehead atoms. The largest absolute Gasteiger partial charge is 0.378 e. The molecule has 0 saturated carbocycles. The molecule has 2 aromatic rings. The fourth-order valence-electron chi connectivity index (χ4n) is 1.54. The number of aromatic nitrogens is 2. The third-order valence-corrected chi connectivity index (χ3v) is 2.32. The van der Waals surface area contributed by atoms with Crippen molar-refractivity contribution in [1.29, 1.82) is 0 Å². The first-order valence-corrected chi connectivity index (χ1v) is 5.15. The van der Waals surface area contributed by atoms with Gasteiger partial charge in [-0.1, -0.05) is 0 Å². The number of aromatic amines is 1. The zero-order valence-corrected chi connectivity index (χ0v) is 9.54. The smallest absolute Gasteiger partial charge is 0.345 e. The highest BCUT2D eigenvalue weighted by molar-refractivity contribution is 5.59. The zero-order valence-electron chi connectivity index (χ0n) is 9.54. The van der Waals surface area contributed by atoms with E-state index in [1.807, 2.05) is 0 Å². The lowest BCUT2D eigenvalue weighted by Crippen LogP contribution is -2.14. The lowest BCUT2D eigenvalue weighted by molar-refractivity contribution is 0.181. The van der Waals surface area contributed by atoms with E-state index in [4.69, 9.17) is 4.74 Å². The van der Waals surface area contributed by atoms with Gasteiger partial charge in [0.2, 0.25) is 0 Å². The summed E-state index contributed by atoms with van der Waals surface area (Å²) in [7, 11) is 1.48. The van der Waals surface area contributed by atoms with E-state index in [1.54, 1.807) is 6.07 Å². The van der Waals surface area contributed by atoms with Crippen LogP contribution in [0, 0.1) is 11.6 Å². The number of ether oxygens (including phenoxy) is 1. The van der Waals surface area contributed by atoms with E-state index in [2.05, 4.69) is 9.97 Å². The first kappa shape index (κ1) is 12.4. The molecular weight excluding hydrogens is 242 g/mol. The fourth-order valence-corrected chi connectivity index (χ4v) is 1.54. The van der Waals surface area contributed by atoms with Crippen LogP contribution in [0.15, 0.2) is 29.1 Å². The first-order valence-electron chi connectivity index (χ1n) is 5.15. The second-order valence-electron chi connectivity index (χ2n) is 3.66. The Hall–Kier alpha value is -2.08. The second-order valence-corrected chi connectivity index (χ2v) is 3.66. The number of methoxy groups -OCH3 is 1. The minimum Gasteiger partial charge on any atom is -0.378 e. The summed E-state index contributed by atoms with van der Waals surface area (Å²) in [5.41, 5.74) is 0.545. The van der Waals surface area contributed by atoms with Gasteiger partial charge < -0.3 is 9.72 Å². The molecule has 1 N–H and O–H groups in total. The van der Waals surface area contributed by atoms with Crippen molar-refractivity contribution in [2.45, 2.75) is 6.61 Å². The van der Waals surface area contributed by atoms with Crippen LogP contribution >= 0.6 is 0 Å². The summed E-state index contributed by atoms with van der Waals surface area (Å²) in [6.45, 7) is 0.203. The van der Waals surface area contributed by atoms with Crippen molar-refractivity contribution in [1.82, 2.24) is 9.97 Å². The summed E-state index contributed by atoms with van der Waals surface area (Å²) >= 11 is 0. The Kier molecular flexibility index (Phi) is 3.47. The summed E-state index contributed by atoms with van der Waals surface area (Å²) in [5, 5.41) is 0. The number of nitrogens with one attached hydrogen (secondary N) is 1. The lowest BCUT2D eigenvalue weighted by Gasteiger charge is -2.04. The van der Waals surface area contributed by atoms with Crippen LogP contribution in [0.5, 0.6) is 0 Å². The third-order valence-electron chi connectivity index (χ3n) is 2.32. The molecule has 0 aliphatic rings. The van der Waals surface area contributed by atoms with Crippen LogP contribution in [0.1, 0.15) is 5.69 Å². The lowest BCUT2D eigenvalue weighted by atomic mass is 10.1. The van der Waals surface area contributed by atoms with Crippen molar-refractivity contribution in [3.05, 3.63) is 52.1 Å². The van der Waals surface area contributed by atoms with E-state index >= 15 is 0 Å². The quantitative estimate of drug-likeness (QED) is 0.907. The van der Waals surface area contributed by atoms with Crippen LogP contribution < -0.4 is 5.69 Å². The van der Waals surface area contributed by atoms with Crippen molar-refractivity contribution < 1.29 is 13.5 Å². The number of hydrogen-bond donors (Lipinski definition) is 1. The van der Waals surface area contributed by atoms with Gasteiger partial charge in [0, 0.05) is 18.4 Å². The molecule has 0 unspecified atom stereocenters. The maximum atomic E-state index is 13.1. The molecule has 4 nitrogen and oxygen atoms in total. The van der Waals surface area contributed by atoms with E-state index < -0.39 is 17.3 Å². The Balaban J connectivity index is 2.49. The van der Waals surface area contributed by atoms with Crippen molar-refractivity contribution in [2.75, 3.05) is 7.11 Å². The minimum absolute atomic E-state index is 0.203. The van der Waals surface area contributed by atoms with Crippen LogP contribution in [0.4, 0.5) is 8.78 Å². The molecule has 0 spiro atoms. The Labute approximate surface area is 101 Å². The number of H-pyrrole nitrogens is 1. The van der Waals surface area contributed by atoms with E-state index in [1.165, 1.54) is 13.2 Å². The molecule has 0 amide bonds. The molecule has 0 radical (unpaired) electrons. The van der Waals surface area contributed by atoms with Crippen LogP contribution in [-0.2, 0) is 11.3 Å². The normalized spacial score (nSPS) is 10.6. The highest BCUT2D eigenvalue weighted by atomic mass is 19.2. The Bertz CT molecular complexity index is 626. The van der Waals surface area contributed by atoms with E-state index in [-0.39, 0.29) is 12.3 Å². The number of benzene rings is 1. The molecule has 6 heteroatoms. The van der Waals surface area contributed by atoms with Gasteiger partial charge in [-0.15, -0.1) is 0 Å². The van der Waals surface area contributed by atoms with Gasteiger partial charge in [0.25, 0.3) is 0 Å². The van der Waals surface area contributed by atoms with Crippen LogP contribution in [0.3, 0.4) is 0 Å². The van der Waals surface area contributed by atoms with Crippen molar-refractivity contribution in [3.8, 4) is 11.3 Å². The second kappa shape index (κ2) is 5.05. The Morgan fingerprint density at radius 1 is 1.28 bits per heavy atom. The Morgan fingerprint density at radius 3 is 2.72 bits per heavy atom. The van der Waals surface area contributed by atoms with Crippen LogP contribution in [0.25, 0.3) is 11.3 Å². The van der Waals surface area contributed by atoms with E-state index in [0.717, 1.165) is 12.1 Å². The van der Waals surface area contributed by atoms with E-state index in [0.29, 0.717) is 11.3 Å². The molecule has 1 aromatic heterocycles. The first-order chi connectivity index (χ1) is 8.60. The summed E-state index contributed by atoms with van der Waals surface area (Å²) < 4.78 is 30.8. The van der Waals surface area contributed by atoms with E-state index in [9.17, 15) is 13.6 Å². The van der Waals surface area contributed by atoms with Gasteiger partial charge in [-0.25, -0.2) is 13.6 Å². The molecule has 0 aliphatic heterocycles. The predicted octanol–water partition coefficient (Wildman–Crippen LogP) is 1.86. The molecule has 18 heavy (non-hydrogen) atoms. The van der Waals surface area contributed by atoms with Crippen LogP contribution in [-0.4, -0.2) is 17.1 Å². The van der Waals surface area contributed by atoms with Gasteiger partial charge in [-0.05, 0) is 24.3 Å². The van der Waals surface area contributed by atoms with Gasteiger partial charge in [0.05, 0.1) is 12.3 Å². The summed E-state index contributed by atoms with van der Waals surface area (Å²) in [6.07, 6.45) is 0. The Morgan fingerprint density at radius 2 is 2.06 bits per heavy atom. The number of hydrogen-bond acceptors (Lipinski definition) is 3. The highest BCUT2D eigenvalue weighted by Gasteiger charge is 2.07. The maximum Gasteiger partial charge on any atom is 0.345 e. The molecular formula is C12H10F2N2O2. The van der Waals surface area contributed by atoms with Crippen molar-refractivity contribution in [2.24, 2.45) is 0 Å². The molecule has 0 fully saturated rings. The maximum absolute atomic E-state index is 13.1. The minimum atomic E-state index is -0.983. The fraction of sp³-hybridized carbons (Fsp3) is 0.167. The molecule has 1 aromatic carbocycles. The van der Waals surface area contributed by atoms with Gasteiger partial charge in [-0.2, -0.15) is 4.98 Å². The summed E-state index contributed by atoms with van der Waals surface area (Å²) in [5.74, 6) is -1.93. The third kappa shape index (κ3) is 2.60. The average molecular weight is 252 g/mol. The molecule has 2 rings (SSSR count). The van der Waals surface area contributed by atoms with Gasteiger partial charge in [-0.3, -0.25) is 0 Å². The topological polar surface area (TPSA) is 55.0 Å². The summed E-state index contributed by atoms with van der Waals surface area (Å²) in [4.78, 5) is 17.5. The SMILES string of the molecule is COCc1cc(-c2ccc(F)c(F)c2)nc(=O)[nH]1. The predicted molar refractivity (Wildman–Crippen MR) is 60.9 cm³/mol. The highest BCUT2D eigenvalue weighted by Crippen LogP contribution is 2.19. The molecule has 0 aliphatic carbocycles. The molecule has 0 atom stereocenters. The van der Waals surface area contributed by atoms with Crippen LogP contribution in [0.2, 0.25) is 0 Å². The monoisotopic (exact) mass is 252 g/mol. The summed E-state index contributed by atoms with van der Waals surface area (Å²) in [6, 6.07) is 4.89. The molecule has 1 heterocycles. The standard InChI is InChI=1S/C12H10F2N2O2/c1-18-6-8-5-11(16-12(17)15-8)7-2-3-9(13)10(14)4-7/h2-5H,6H2,1H3,(H,15,16,17). The zero-order chi connectivity index (χ0) is 13.1. The number of nitrogens with zero attached hydrogens (tertiary/aromatic N) is 1. The van der Waals surface area contributed by atoms with Crippen molar-refractivity contribution in [3.63, 3.8) is 0 Å². The molecule has 94 valence electrons. The average Bonchev–Trinajstić information content (AvgIpc) is 2.32. The van der Waals surface area contributed by atoms with Gasteiger partial charge >= 0.3 is 5.69 Å². The van der Waals surface area contributed by atoms with Crippen molar-refractivity contribution >= 4 is 0 Å². The molecule has 0 saturated heterocycles. The van der Waals surface area contributed by atoms with Gasteiger partial charge in [0.1, 0.15) is 0 Å².